The first-order valence-corrected chi connectivity index (χ1v) is 7.38. The smallest absolute Gasteiger partial charge is 0.351 e. The van der Waals surface area contributed by atoms with Gasteiger partial charge in [0.2, 0.25) is 0 Å². The third-order valence-corrected chi connectivity index (χ3v) is 3.87. The minimum absolute atomic E-state index is 0.0588. The van der Waals surface area contributed by atoms with Crippen molar-refractivity contribution in [2.45, 2.75) is 32.2 Å². The second-order valence-corrected chi connectivity index (χ2v) is 5.86. The zero-order valence-corrected chi connectivity index (χ0v) is 13.1. The fourth-order valence-electron chi connectivity index (χ4n) is 2.36. The molecular formula is C14H22N4O5. The topological polar surface area (TPSA) is 143 Å². The van der Waals surface area contributed by atoms with Crippen LogP contribution in [0.25, 0.3) is 0 Å². The summed E-state index contributed by atoms with van der Waals surface area (Å²) >= 11 is 0. The Balaban J connectivity index is 2.14. The molecule has 4 unspecified atom stereocenters. The molecule has 9 nitrogen and oxygen atoms in total. The highest BCUT2D eigenvalue weighted by Crippen LogP contribution is 2.31. The number of carbonyl (C=O) groups is 1. The number of anilines is 1. The number of nitrogen functional groups attached to an aromatic ring is 1. The Morgan fingerprint density at radius 1 is 1.61 bits per heavy atom. The summed E-state index contributed by atoms with van der Waals surface area (Å²) < 4.78 is 12.1. The number of nitrogens with two attached hydrogens (primary N) is 2. The van der Waals surface area contributed by atoms with Crippen LogP contribution in [-0.4, -0.2) is 46.0 Å². The number of hydrogen-bond acceptors (Lipinski definition) is 8. The van der Waals surface area contributed by atoms with E-state index in [1.807, 2.05) is 13.8 Å². The Labute approximate surface area is 133 Å². The molecule has 23 heavy (non-hydrogen) atoms. The highest BCUT2D eigenvalue weighted by atomic mass is 16.6. The van der Waals surface area contributed by atoms with Gasteiger partial charge >= 0.3 is 11.7 Å². The molecule has 0 saturated carbocycles. The average molecular weight is 326 g/mol. The van der Waals surface area contributed by atoms with Crippen LogP contribution < -0.4 is 17.2 Å². The summed E-state index contributed by atoms with van der Waals surface area (Å²) in [5, 5.41) is 9.61. The molecule has 0 bridgehead atoms. The van der Waals surface area contributed by atoms with E-state index < -0.39 is 36.0 Å². The van der Waals surface area contributed by atoms with E-state index in [4.69, 9.17) is 20.9 Å². The van der Waals surface area contributed by atoms with Crippen molar-refractivity contribution < 1.29 is 19.4 Å². The van der Waals surface area contributed by atoms with Crippen molar-refractivity contribution in [3.05, 3.63) is 22.7 Å². The molecule has 1 fully saturated rings. The average Bonchev–Trinajstić information content (AvgIpc) is 2.88. The molecule has 0 amide bonds. The lowest BCUT2D eigenvalue weighted by Crippen LogP contribution is -2.41. The van der Waals surface area contributed by atoms with Gasteiger partial charge in [0.05, 0.1) is 19.1 Å². The van der Waals surface area contributed by atoms with Crippen molar-refractivity contribution in [3.8, 4) is 0 Å². The lowest BCUT2D eigenvalue weighted by molar-refractivity contribution is -0.154. The Morgan fingerprint density at radius 3 is 2.87 bits per heavy atom. The Hall–Kier alpha value is -1.97. The van der Waals surface area contributed by atoms with Crippen LogP contribution >= 0.6 is 0 Å². The van der Waals surface area contributed by atoms with E-state index in [9.17, 15) is 14.7 Å². The van der Waals surface area contributed by atoms with Crippen LogP contribution in [0, 0.1) is 11.8 Å². The number of rotatable bonds is 5. The van der Waals surface area contributed by atoms with E-state index in [1.54, 1.807) is 0 Å². The van der Waals surface area contributed by atoms with Crippen molar-refractivity contribution in [3.63, 3.8) is 0 Å². The second kappa shape index (κ2) is 7.07. The number of aliphatic hydroxyl groups excluding tert-OH is 1. The molecule has 1 aromatic heterocycles. The van der Waals surface area contributed by atoms with Gasteiger partial charge in [-0.25, -0.2) is 4.79 Å². The van der Waals surface area contributed by atoms with Gasteiger partial charge in [-0.1, -0.05) is 13.8 Å². The maximum atomic E-state index is 12.0. The molecule has 2 heterocycles. The third-order valence-electron chi connectivity index (χ3n) is 3.87. The number of hydrogen-bond donors (Lipinski definition) is 3. The van der Waals surface area contributed by atoms with Crippen molar-refractivity contribution in [1.29, 1.82) is 0 Å². The van der Waals surface area contributed by atoms with E-state index in [0.717, 1.165) is 0 Å². The van der Waals surface area contributed by atoms with Crippen LogP contribution in [-0.2, 0) is 14.3 Å². The van der Waals surface area contributed by atoms with Crippen LogP contribution in [0.2, 0.25) is 0 Å². The first-order valence-electron chi connectivity index (χ1n) is 7.38. The normalized spacial score (nSPS) is 25.5. The largest absolute Gasteiger partial charge is 0.458 e. The van der Waals surface area contributed by atoms with E-state index in [-0.39, 0.29) is 24.9 Å². The molecule has 5 N–H and O–H groups in total. The summed E-state index contributed by atoms with van der Waals surface area (Å²) in [6, 6.07) is 0.696. The van der Waals surface area contributed by atoms with E-state index in [0.29, 0.717) is 0 Å². The number of aliphatic hydroxyl groups is 1. The molecule has 0 aliphatic carbocycles. The Bertz CT molecular complexity index is 617. The third kappa shape index (κ3) is 3.69. The molecule has 2 rings (SSSR count). The molecule has 4 atom stereocenters. The lowest BCUT2D eigenvalue weighted by Gasteiger charge is -2.23. The standard InChI is InChI=1S/C14H22N4O5/c1-7(2)11(16)13(20)23-9-6-22-12(8(9)5-19)18-4-3-10(15)17-14(18)21/h3-4,7-9,11-12,19H,5-6,16H2,1-2H3,(H2,15,17,21). The SMILES string of the molecule is CC(C)C(N)C(=O)OC1COC(n2ccc(N)nc2=O)C1CO. The molecule has 1 saturated heterocycles. The van der Waals surface area contributed by atoms with Gasteiger partial charge in [0.25, 0.3) is 0 Å². The lowest BCUT2D eigenvalue weighted by atomic mass is 10.0. The zero-order valence-electron chi connectivity index (χ0n) is 13.1. The van der Waals surface area contributed by atoms with Gasteiger partial charge in [-0.15, -0.1) is 0 Å². The van der Waals surface area contributed by atoms with E-state index in [1.165, 1.54) is 16.8 Å². The molecule has 0 radical (unpaired) electrons. The molecule has 0 aromatic carbocycles. The van der Waals surface area contributed by atoms with Gasteiger partial charge in [-0.05, 0) is 12.0 Å². The summed E-state index contributed by atoms with van der Waals surface area (Å²) in [6.07, 6.45) is -0.0392. The Kier molecular flexibility index (Phi) is 5.34. The first-order chi connectivity index (χ1) is 10.8. The first kappa shape index (κ1) is 17.4. The second-order valence-electron chi connectivity index (χ2n) is 5.86. The van der Waals surface area contributed by atoms with Crippen LogP contribution in [0.5, 0.6) is 0 Å². The predicted octanol–water partition coefficient (Wildman–Crippen LogP) is -1.14. The fourth-order valence-corrected chi connectivity index (χ4v) is 2.36. The van der Waals surface area contributed by atoms with Gasteiger partial charge in [0, 0.05) is 6.20 Å². The molecule has 128 valence electrons. The van der Waals surface area contributed by atoms with Crippen molar-refractivity contribution >= 4 is 11.8 Å². The van der Waals surface area contributed by atoms with Gasteiger partial charge in [0.15, 0.2) is 0 Å². The molecular weight excluding hydrogens is 304 g/mol. The van der Waals surface area contributed by atoms with Crippen LogP contribution in [0.4, 0.5) is 5.82 Å². The van der Waals surface area contributed by atoms with E-state index >= 15 is 0 Å². The molecule has 1 aliphatic rings. The quantitative estimate of drug-likeness (QED) is 0.576. The fraction of sp³-hybridized carbons (Fsp3) is 0.643. The highest BCUT2D eigenvalue weighted by Gasteiger charge is 2.41. The summed E-state index contributed by atoms with van der Waals surface area (Å²) in [5.41, 5.74) is 10.6. The summed E-state index contributed by atoms with van der Waals surface area (Å²) in [5.74, 6) is -1.13. The Morgan fingerprint density at radius 2 is 2.30 bits per heavy atom. The monoisotopic (exact) mass is 326 g/mol. The van der Waals surface area contributed by atoms with Crippen LogP contribution in [0.1, 0.15) is 20.1 Å². The molecule has 0 spiro atoms. The van der Waals surface area contributed by atoms with Gasteiger partial charge in [-0.3, -0.25) is 9.36 Å². The highest BCUT2D eigenvalue weighted by molar-refractivity contribution is 5.76. The van der Waals surface area contributed by atoms with Crippen LogP contribution in [0.3, 0.4) is 0 Å². The van der Waals surface area contributed by atoms with Gasteiger partial charge < -0.3 is 26.0 Å². The number of nitrogens with zero attached hydrogens (tertiary/aromatic N) is 2. The van der Waals surface area contributed by atoms with Crippen molar-refractivity contribution in [2.75, 3.05) is 18.9 Å². The van der Waals surface area contributed by atoms with Crippen molar-refractivity contribution in [2.24, 2.45) is 17.6 Å². The van der Waals surface area contributed by atoms with Crippen LogP contribution in [0.15, 0.2) is 17.1 Å². The number of carbonyl (C=O) groups excluding carboxylic acids is 1. The number of ether oxygens (including phenoxy) is 2. The molecule has 1 aliphatic heterocycles. The summed E-state index contributed by atoms with van der Waals surface area (Å²) in [6.45, 7) is 3.35. The number of aromatic nitrogens is 2. The zero-order chi connectivity index (χ0) is 17.1. The number of esters is 1. The van der Waals surface area contributed by atoms with Gasteiger partial charge in [0.1, 0.15) is 24.2 Å². The predicted molar refractivity (Wildman–Crippen MR) is 81.2 cm³/mol. The maximum Gasteiger partial charge on any atom is 0.351 e. The minimum atomic E-state index is -0.784. The summed E-state index contributed by atoms with van der Waals surface area (Å²) in [4.78, 5) is 27.5. The van der Waals surface area contributed by atoms with E-state index in [2.05, 4.69) is 4.98 Å². The van der Waals surface area contributed by atoms with Gasteiger partial charge in [-0.2, -0.15) is 4.98 Å². The maximum absolute atomic E-state index is 12.0. The summed E-state index contributed by atoms with van der Waals surface area (Å²) in [7, 11) is 0. The molecule has 9 heteroatoms. The minimum Gasteiger partial charge on any atom is -0.458 e. The molecule has 1 aromatic rings. The van der Waals surface area contributed by atoms with Crippen molar-refractivity contribution in [1.82, 2.24) is 9.55 Å².